The van der Waals surface area contributed by atoms with Crippen molar-refractivity contribution in [1.82, 2.24) is 10.2 Å². The molecule has 0 saturated heterocycles. The van der Waals surface area contributed by atoms with Crippen molar-refractivity contribution in [3.8, 4) is 0 Å². The van der Waals surface area contributed by atoms with Crippen LogP contribution in [0.3, 0.4) is 0 Å². The topological polar surface area (TPSA) is 54.9 Å². The highest BCUT2D eigenvalue weighted by Crippen LogP contribution is 2.36. The zero-order valence-electron chi connectivity index (χ0n) is 11.1. The molecule has 22 heavy (non-hydrogen) atoms. The maximum Gasteiger partial charge on any atom is 0.418 e. The predicted octanol–water partition coefficient (Wildman–Crippen LogP) is 4.25. The number of hydrogen-bond donors (Lipinski definition) is 1. The summed E-state index contributed by atoms with van der Waals surface area (Å²) in [6.07, 6.45) is -4.60. The Morgan fingerprint density at radius 2 is 2.14 bits per heavy atom. The van der Waals surface area contributed by atoms with Crippen molar-refractivity contribution in [2.75, 3.05) is 11.1 Å². The third-order valence-corrected chi connectivity index (χ3v) is 4.60. The number of carbonyl (C=O) groups is 1. The number of amides is 1. The van der Waals surface area contributed by atoms with E-state index in [2.05, 4.69) is 15.5 Å². The number of benzene rings is 1. The average molecular weight is 368 g/mol. The molecule has 1 N–H and O–H groups in total. The van der Waals surface area contributed by atoms with Gasteiger partial charge in [0.15, 0.2) is 4.34 Å². The SMILES string of the molecule is Cc1nnc(SCC(=O)Nc2ccc(Cl)cc2C(F)(F)F)s1. The fraction of sp³-hybridized carbons (Fsp3) is 0.250. The maximum atomic E-state index is 12.9. The van der Waals surface area contributed by atoms with Gasteiger partial charge in [0.05, 0.1) is 17.0 Å². The molecule has 0 fully saturated rings. The lowest BCUT2D eigenvalue weighted by Crippen LogP contribution is -2.18. The number of anilines is 1. The highest BCUT2D eigenvalue weighted by Gasteiger charge is 2.34. The van der Waals surface area contributed by atoms with Crippen molar-refractivity contribution in [2.24, 2.45) is 0 Å². The van der Waals surface area contributed by atoms with Crippen LogP contribution in [0.4, 0.5) is 18.9 Å². The van der Waals surface area contributed by atoms with E-state index in [1.807, 2.05) is 0 Å². The van der Waals surface area contributed by atoms with Gasteiger partial charge in [0, 0.05) is 5.02 Å². The van der Waals surface area contributed by atoms with Gasteiger partial charge in [-0.15, -0.1) is 10.2 Å². The number of aromatic nitrogens is 2. The van der Waals surface area contributed by atoms with E-state index in [0.717, 1.165) is 28.9 Å². The molecule has 0 aliphatic carbocycles. The lowest BCUT2D eigenvalue weighted by Gasteiger charge is -2.13. The Kier molecular flexibility index (Phi) is 5.30. The summed E-state index contributed by atoms with van der Waals surface area (Å²) in [6.45, 7) is 1.77. The highest BCUT2D eigenvalue weighted by molar-refractivity contribution is 8.01. The molecule has 1 amide bonds. The largest absolute Gasteiger partial charge is 0.418 e. The minimum absolute atomic E-state index is 0.0518. The Morgan fingerprint density at radius 1 is 1.41 bits per heavy atom. The van der Waals surface area contributed by atoms with E-state index < -0.39 is 17.6 Å². The van der Waals surface area contributed by atoms with E-state index in [1.165, 1.54) is 17.4 Å². The van der Waals surface area contributed by atoms with Gasteiger partial charge in [-0.2, -0.15) is 13.2 Å². The molecule has 2 rings (SSSR count). The summed E-state index contributed by atoms with van der Waals surface area (Å²) in [7, 11) is 0. The number of rotatable bonds is 4. The summed E-state index contributed by atoms with van der Waals surface area (Å²) in [6, 6.07) is 3.19. The van der Waals surface area contributed by atoms with Gasteiger partial charge in [-0.3, -0.25) is 4.79 Å². The van der Waals surface area contributed by atoms with E-state index >= 15 is 0 Å². The van der Waals surface area contributed by atoms with Crippen LogP contribution in [0.15, 0.2) is 22.5 Å². The molecule has 1 heterocycles. The molecule has 0 spiro atoms. The van der Waals surface area contributed by atoms with E-state index in [1.54, 1.807) is 6.92 Å². The Labute approximate surface area is 137 Å². The first-order valence-electron chi connectivity index (χ1n) is 5.85. The molecule has 2 aromatic rings. The molecule has 0 radical (unpaired) electrons. The van der Waals surface area contributed by atoms with Crippen LogP contribution in [0.5, 0.6) is 0 Å². The molecule has 0 saturated carbocycles. The summed E-state index contributed by atoms with van der Waals surface area (Å²) in [5, 5.41) is 10.5. The third-order valence-electron chi connectivity index (χ3n) is 2.40. The van der Waals surface area contributed by atoms with Crippen molar-refractivity contribution >= 4 is 46.3 Å². The number of carbonyl (C=O) groups excluding carboxylic acids is 1. The number of thioether (sulfide) groups is 1. The number of nitrogens with zero attached hydrogens (tertiary/aromatic N) is 2. The molecule has 1 aromatic heterocycles. The van der Waals surface area contributed by atoms with Crippen LogP contribution in [0.1, 0.15) is 10.6 Å². The number of hydrogen-bond acceptors (Lipinski definition) is 5. The molecule has 0 bridgehead atoms. The summed E-state index contributed by atoms with van der Waals surface area (Å²) in [5.74, 6) is -0.625. The third kappa shape index (κ3) is 4.59. The number of nitrogens with one attached hydrogen (secondary N) is 1. The average Bonchev–Trinajstić information content (AvgIpc) is 2.83. The normalized spacial score (nSPS) is 11.5. The molecule has 0 aliphatic rings. The van der Waals surface area contributed by atoms with Crippen LogP contribution in [0, 0.1) is 6.92 Å². The molecule has 0 aliphatic heterocycles. The monoisotopic (exact) mass is 367 g/mol. The standard InChI is InChI=1S/C12H9ClF3N3OS2/c1-6-18-19-11(22-6)21-5-10(20)17-9-3-2-7(13)4-8(9)12(14,15)16/h2-4H,5H2,1H3,(H,17,20). The van der Waals surface area contributed by atoms with Crippen LogP contribution in [0.25, 0.3) is 0 Å². The van der Waals surface area contributed by atoms with Crippen molar-refractivity contribution in [2.45, 2.75) is 17.4 Å². The summed E-state index contributed by atoms with van der Waals surface area (Å²) >= 11 is 7.99. The van der Waals surface area contributed by atoms with E-state index in [0.29, 0.717) is 4.34 Å². The second-order valence-electron chi connectivity index (χ2n) is 4.11. The van der Waals surface area contributed by atoms with Gasteiger partial charge in [0.2, 0.25) is 5.91 Å². The van der Waals surface area contributed by atoms with Gasteiger partial charge >= 0.3 is 6.18 Å². The van der Waals surface area contributed by atoms with Gasteiger partial charge in [0.1, 0.15) is 5.01 Å². The van der Waals surface area contributed by atoms with Gasteiger partial charge in [0.25, 0.3) is 0 Å². The lowest BCUT2D eigenvalue weighted by molar-refractivity contribution is -0.137. The second kappa shape index (κ2) is 6.84. The summed E-state index contributed by atoms with van der Waals surface area (Å²) < 4.78 is 39.3. The van der Waals surface area contributed by atoms with Crippen molar-refractivity contribution < 1.29 is 18.0 Å². The molecule has 10 heteroatoms. The van der Waals surface area contributed by atoms with Crippen LogP contribution in [-0.2, 0) is 11.0 Å². The van der Waals surface area contributed by atoms with E-state index in [4.69, 9.17) is 11.6 Å². The first kappa shape index (κ1) is 17.0. The zero-order valence-corrected chi connectivity index (χ0v) is 13.5. The second-order valence-corrected chi connectivity index (χ2v) is 6.95. The molecule has 0 unspecified atom stereocenters. The maximum absolute atomic E-state index is 12.9. The molecular weight excluding hydrogens is 359 g/mol. The number of aryl methyl sites for hydroxylation is 1. The van der Waals surface area contributed by atoms with Crippen molar-refractivity contribution in [1.29, 1.82) is 0 Å². The fourth-order valence-electron chi connectivity index (χ4n) is 1.51. The first-order chi connectivity index (χ1) is 10.3. The van der Waals surface area contributed by atoms with Crippen LogP contribution in [-0.4, -0.2) is 21.9 Å². The summed E-state index contributed by atoms with van der Waals surface area (Å²) in [5.41, 5.74) is -1.30. The molecule has 0 atom stereocenters. The van der Waals surface area contributed by atoms with Gasteiger partial charge < -0.3 is 5.32 Å². The van der Waals surface area contributed by atoms with Gasteiger partial charge in [-0.05, 0) is 25.1 Å². The van der Waals surface area contributed by atoms with E-state index in [-0.39, 0.29) is 16.5 Å². The molecule has 4 nitrogen and oxygen atoms in total. The van der Waals surface area contributed by atoms with Crippen LogP contribution < -0.4 is 5.32 Å². The number of halogens is 4. The Balaban J connectivity index is 2.05. The molecule has 1 aromatic carbocycles. The highest BCUT2D eigenvalue weighted by atomic mass is 35.5. The molecule has 118 valence electrons. The zero-order chi connectivity index (χ0) is 16.3. The fourth-order valence-corrected chi connectivity index (χ4v) is 3.30. The summed E-state index contributed by atoms with van der Waals surface area (Å²) in [4.78, 5) is 11.8. The number of alkyl halides is 3. The Morgan fingerprint density at radius 3 is 2.73 bits per heavy atom. The van der Waals surface area contributed by atoms with Crippen LogP contribution >= 0.6 is 34.7 Å². The predicted molar refractivity (Wildman–Crippen MR) is 80.5 cm³/mol. The van der Waals surface area contributed by atoms with Gasteiger partial charge in [-0.1, -0.05) is 34.7 Å². The van der Waals surface area contributed by atoms with E-state index in [9.17, 15) is 18.0 Å². The van der Waals surface area contributed by atoms with Crippen LogP contribution in [0.2, 0.25) is 5.02 Å². The minimum atomic E-state index is -4.60. The van der Waals surface area contributed by atoms with Gasteiger partial charge in [-0.25, -0.2) is 0 Å². The Bertz CT molecular complexity index is 690. The van der Waals surface area contributed by atoms with Crippen molar-refractivity contribution in [3.63, 3.8) is 0 Å². The first-order valence-corrected chi connectivity index (χ1v) is 8.03. The smallest absolute Gasteiger partial charge is 0.325 e. The quantitative estimate of drug-likeness (QED) is 0.821. The lowest BCUT2D eigenvalue weighted by atomic mass is 10.1. The minimum Gasteiger partial charge on any atom is -0.325 e. The Hall–Kier alpha value is -1.32. The molecular formula is C12H9ClF3N3OS2. The van der Waals surface area contributed by atoms with Crippen molar-refractivity contribution in [3.05, 3.63) is 33.8 Å².